The van der Waals surface area contributed by atoms with Crippen LogP contribution in [0.4, 0.5) is 5.69 Å². The van der Waals surface area contributed by atoms with Crippen molar-refractivity contribution >= 4 is 44.1 Å². The molecule has 0 bridgehead atoms. The van der Waals surface area contributed by atoms with Crippen molar-refractivity contribution < 1.29 is 4.79 Å². The maximum absolute atomic E-state index is 13.2. The average Bonchev–Trinajstić information content (AvgIpc) is 3.04. The summed E-state index contributed by atoms with van der Waals surface area (Å²) in [4.78, 5) is 21.4. The van der Waals surface area contributed by atoms with Gasteiger partial charge in [-0.15, -0.1) is 11.3 Å². The molecule has 0 unspecified atom stereocenters. The Balaban J connectivity index is 1.78. The molecule has 0 aliphatic rings. The molecular weight excluding hydrogens is 340 g/mol. The number of fused-ring (bicyclic) bond motifs is 2. The van der Waals surface area contributed by atoms with Crippen LogP contribution in [-0.4, -0.2) is 17.4 Å². The third kappa shape index (κ3) is 2.86. The average molecular weight is 360 g/mol. The Morgan fingerprint density at radius 3 is 2.62 bits per heavy atom. The SMILES string of the molecule is CCN(C(=O)c1cc2cc3ccc(C)cc3nc2s1)c1ccccc1C. The Hall–Kier alpha value is -2.72. The van der Waals surface area contributed by atoms with Crippen molar-refractivity contribution in [3.8, 4) is 0 Å². The van der Waals surface area contributed by atoms with E-state index in [1.54, 1.807) is 0 Å². The molecule has 2 aromatic carbocycles. The lowest BCUT2D eigenvalue weighted by Crippen LogP contribution is -2.30. The van der Waals surface area contributed by atoms with E-state index in [1.807, 2.05) is 49.1 Å². The number of rotatable bonds is 3. The molecule has 0 fully saturated rings. The second-order valence-corrected chi connectivity index (χ2v) is 7.56. The van der Waals surface area contributed by atoms with Gasteiger partial charge < -0.3 is 4.90 Å². The van der Waals surface area contributed by atoms with Gasteiger partial charge in [-0.25, -0.2) is 4.98 Å². The molecule has 0 N–H and O–H groups in total. The molecule has 4 heteroatoms. The first-order valence-corrected chi connectivity index (χ1v) is 9.57. The summed E-state index contributed by atoms with van der Waals surface area (Å²) < 4.78 is 0. The van der Waals surface area contributed by atoms with Gasteiger partial charge in [0.1, 0.15) is 4.83 Å². The quantitative estimate of drug-likeness (QED) is 0.467. The Kier molecular flexibility index (Phi) is 4.21. The molecule has 26 heavy (non-hydrogen) atoms. The van der Waals surface area contributed by atoms with Gasteiger partial charge in [0.15, 0.2) is 0 Å². The number of thiophene rings is 1. The van der Waals surface area contributed by atoms with Crippen LogP contribution in [-0.2, 0) is 0 Å². The maximum atomic E-state index is 13.2. The van der Waals surface area contributed by atoms with Crippen LogP contribution in [0, 0.1) is 13.8 Å². The topological polar surface area (TPSA) is 33.2 Å². The van der Waals surface area contributed by atoms with E-state index in [-0.39, 0.29) is 5.91 Å². The predicted molar refractivity (Wildman–Crippen MR) is 110 cm³/mol. The minimum Gasteiger partial charge on any atom is -0.308 e. The zero-order valence-corrected chi connectivity index (χ0v) is 15.9. The van der Waals surface area contributed by atoms with E-state index in [1.165, 1.54) is 16.9 Å². The first-order chi connectivity index (χ1) is 12.6. The van der Waals surface area contributed by atoms with E-state index < -0.39 is 0 Å². The number of hydrogen-bond donors (Lipinski definition) is 0. The number of carbonyl (C=O) groups excluding carboxylic acids is 1. The molecule has 0 saturated carbocycles. The highest BCUT2D eigenvalue weighted by atomic mass is 32.1. The van der Waals surface area contributed by atoms with Crippen molar-refractivity contribution in [2.24, 2.45) is 0 Å². The normalized spacial score (nSPS) is 11.2. The van der Waals surface area contributed by atoms with Gasteiger partial charge in [-0.3, -0.25) is 4.79 Å². The second-order valence-electron chi connectivity index (χ2n) is 6.53. The largest absolute Gasteiger partial charge is 0.308 e. The zero-order chi connectivity index (χ0) is 18.3. The van der Waals surface area contributed by atoms with Crippen molar-refractivity contribution in [2.45, 2.75) is 20.8 Å². The number of hydrogen-bond acceptors (Lipinski definition) is 3. The molecule has 1 amide bonds. The number of anilines is 1. The Labute approximate surface area is 156 Å². The highest BCUT2D eigenvalue weighted by Gasteiger charge is 2.20. The van der Waals surface area contributed by atoms with Gasteiger partial charge in [-0.2, -0.15) is 0 Å². The molecule has 4 aromatic rings. The van der Waals surface area contributed by atoms with Crippen LogP contribution < -0.4 is 4.90 Å². The maximum Gasteiger partial charge on any atom is 0.268 e. The smallest absolute Gasteiger partial charge is 0.268 e. The second kappa shape index (κ2) is 6.54. The molecule has 0 aliphatic heterocycles. The summed E-state index contributed by atoms with van der Waals surface area (Å²) in [5, 5.41) is 2.13. The number of benzene rings is 2. The van der Waals surface area contributed by atoms with Gasteiger partial charge >= 0.3 is 0 Å². The van der Waals surface area contributed by atoms with Crippen molar-refractivity contribution in [1.29, 1.82) is 0 Å². The molecular formula is C22H20N2OS. The van der Waals surface area contributed by atoms with E-state index >= 15 is 0 Å². The van der Waals surface area contributed by atoms with Crippen LogP contribution in [0.5, 0.6) is 0 Å². The van der Waals surface area contributed by atoms with Crippen LogP contribution in [0.15, 0.2) is 54.6 Å². The number of amides is 1. The Morgan fingerprint density at radius 2 is 1.85 bits per heavy atom. The lowest BCUT2D eigenvalue weighted by Gasteiger charge is -2.22. The number of aromatic nitrogens is 1. The summed E-state index contributed by atoms with van der Waals surface area (Å²) in [7, 11) is 0. The lowest BCUT2D eigenvalue weighted by atomic mass is 10.1. The molecule has 4 rings (SSSR count). The Morgan fingerprint density at radius 1 is 1.04 bits per heavy atom. The fourth-order valence-corrected chi connectivity index (χ4v) is 4.24. The third-order valence-corrected chi connectivity index (χ3v) is 5.67. The molecule has 0 aliphatic carbocycles. The van der Waals surface area contributed by atoms with Gasteiger partial charge in [0.05, 0.1) is 10.4 Å². The van der Waals surface area contributed by atoms with E-state index in [0.29, 0.717) is 6.54 Å². The summed E-state index contributed by atoms with van der Waals surface area (Å²) in [5.41, 5.74) is 4.23. The molecule has 3 nitrogen and oxygen atoms in total. The minimum atomic E-state index is 0.0324. The number of nitrogens with zero attached hydrogens (tertiary/aromatic N) is 2. The van der Waals surface area contributed by atoms with Crippen molar-refractivity contribution in [1.82, 2.24) is 4.98 Å². The molecule has 130 valence electrons. The molecule has 2 aromatic heterocycles. The van der Waals surface area contributed by atoms with Crippen molar-refractivity contribution in [3.63, 3.8) is 0 Å². The van der Waals surface area contributed by atoms with Gasteiger partial charge in [0.2, 0.25) is 0 Å². The van der Waals surface area contributed by atoms with Crippen molar-refractivity contribution in [2.75, 3.05) is 11.4 Å². The molecule has 2 heterocycles. The van der Waals surface area contributed by atoms with Crippen LogP contribution in [0.2, 0.25) is 0 Å². The van der Waals surface area contributed by atoms with Gasteiger partial charge in [-0.1, -0.05) is 30.3 Å². The summed E-state index contributed by atoms with van der Waals surface area (Å²) >= 11 is 1.47. The summed E-state index contributed by atoms with van der Waals surface area (Å²) in [5.74, 6) is 0.0324. The first-order valence-electron chi connectivity index (χ1n) is 8.75. The molecule has 0 atom stereocenters. The predicted octanol–water partition coefficient (Wildman–Crippen LogP) is 5.73. The third-order valence-electron chi connectivity index (χ3n) is 4.64. The van der Waals surface area contributed by atoms with Gasteiger partial charge in [0.25, 0.3) is 5.91 Å². The number of pyridine rings is 1. The molecule has 0 radical (unpaired) electrons. The monoisotopic (exact) mass is 360 g/mol. The molecule has 0 spiro atoms. The molecule has 0 saturated heterocycles. The fourth-order valence-electron chi connectivity index (χ4n) is 3.26. The fraction of sp³-hybridized carbons (Fsp3) is 0.182. The summed E-state index contributed by atoms with van der Waals surface area (Å²) in [6.07, 6.45) is 0. The van der Waals surface area contributed by atoms with Gasteiger partial charge in [0, 0.05) is 23.0 Å². The number of aryl methyl sites for hydroxylation is 2. The van der Waals surface area contributed by atoms with E-state index in [2.05, 4.69) is 31.2 Å². The van der Waals surface area contributed by atoms with Crippen LogP contribution >= 0.6 is 11.3 Å². The van der Waals surface area contributed by atoms with E-state index in [4.69, 9.17) is 4.98 Å². The number of para-hydroxylation sites is 1. The van der Waals surface area contributed by atoms with Crippen molar-refractivity contribution in [3.05, 3.63) is 70.6 Å². The summed E-state index contributed by atoms with van der Waals surface area (Å²) in [6.45, 7) is 6.74. The van der Waals surface area contributed by atoms with E-state index in [0.717, 1.165) is 37.2 Å². The van der Waals surface area contributed by atoms with Crippen LogP contribution in [0.3, 0.4) is 0 Å². The lowest BCUT2D eigenvalue weighted by molar-refractivity contribution is 0.0992. The zero-order valence-electron chi connectivity index (χ0n) is 15.1. The number of carbonyl (C=O) groups is 1. The standard InChI is InChI=1S/C22H20N2OS/c1-4-24(19-8-6-5-7-15(19)3)22(25)20-13-17-12-16-10-9-14(2)11-18(16)23-21(17)26-20/h5-13H,4H2,1-3H3. The van der Waals surface area contributed by atoms with Crippen LogP contribution in [0.1, 0.15) is 27.7 Å². The summed E-state index contributed by atoms with van der Waals surface area (Å²) in [6, 6.07) is 18.3. The Bertz CT molecular complexity index is 1130. The van der Waals surface area contributed by atoms with Gasteiger partial charge in [-0.05, 0) is 56.2 Å². The van der Waals surface area contributed by atoms with Crippen LogP contribution in [0.25, 0.3) is 21.1 Å². The first kappa shape index (κ1) is 16.7. The van der Waals surface area contributed by atoms with E-state index in [9.17, 15) is 4.79 Å². The highest BCUT2D eigenvalue weighted by molar-refractivity contribution is 7.20. The minimum absolute atomic E-state index is 0.0324. The highest BCUT2D eigenvalue weighted by Crippen LogP contribution is 2.30.